The number of hydrogen-bond acceptors (Lipinski definition) is 4. The third kappa shape index (κ3) is 3.97. The number of aliphatic hydroxyl groups is 1. The third-order valence-electron chi connectivity index (χ3n) is 5.06. The Morgan fingerprint density at radius 1 is 1.40 bits per heavy atom. The van der Waals surface area contributed by atoms with E-state index in [2.05, 4.69) is 20.4 Å². The van der Waals surface area contributed by atoms with Crippen molar-refractivity contribution in [2.75, 3.05) is 0 Å². The summed E-state index contributed by atoms with van der Waals surface area (Å²) in [6, 6.07) is 2.36. The molecule has 6 nitrogen and oxygen atoms in total. The van der Waals surface area contributed by atoms with Gasteiger partial charge in [0.05, 0.1) is 11.6 Å². The van der Waals surface area contributed by atoms with Gasteiger partial charge in [-0.15, -0.1) is 0 Å². The molecule has 1 aromatic rings. The summed E-state index contributed by atoms with van der Waals surface area (Å²) in [5.74, 6) is -0.234. The van der Waals surface area contributed by atoms with Crippen LogP contribution in [0.1, 0.15) is 37.7 Å². The number of rotatable bonds is 5. The highest BCUT2D eigenvalue weighted by Crippen LogP contribution is 2.49. The number of nitrogens with zero attached hydrogens (tertiary/aromatic N) is 1. The van der Waals surface area contributed by atoms with E-state index in [4.69, 9.17) is 0 Å². The van der Waals surface area contributed by atoms with Gasteiger partial charge in [0.2, 0.25) is 5.88 Å². The molecule has 1 heterocycles. The molecule has 3 aliphatic rings. The first-order valence-corrected chi connectivity index (χ1v) is 8.13. The van der Waals surface area contributed by atoms with E-state index in [1.165, 1.54) is 12.3 Å². The van der Waals surface area contributed by atoms with Crippen molar-refractivity contribution in [1.29, 1.82) is 0 Å². The predicted molar refractivity (Wildman–Crippen MR) is 81.9 cm³/mol. The van der Waals surface area contributed by atoms with Crippen LogP contribution in [0.2, 0.25) is 0 Å². The quantitative estimate of drug-likeness (QED) is 0.753. The number of pyridine rings is 1. The lowest BCUT2D eigenvalue weighted by molar-refractivity contribution is -0.0925. The lowest BCUT2D eigenvalue weighted by atomic mass is 9.62. The molecule has 0 saturated heterocycles. The first-order valence-electron chi connectivity index (χ1n) is 8.13. The maximum absolute atomic E-state index is 14.2. The van der Waals surface area contributed by atoms with Crippen molar-refractivity contribution in [2.24, 2.45) is 0 Å². The fourth-order valence-corrected chi connectivity index (χ4v) is 3.60. The lowest BCUT2D eigenvalue weighted by Crippen LogP contribution is -2.66. The van der Waals surface area contributed by atoms with E-state index in [0.717, 1.165) is 0 Å². The van der Waals surface area contributed by atoms with Gasteiger partial charge in [0.25, 0.3) is 0 Å². The lowest BCUT2D eigenvalue weighted by Gasteiger charge is -2.52. The van der Waals surface area contributed by atoms with Crippen molar-refractivity contribution < 1.29 is 27.8 Å². The normalized spacial score (nSPS) is 31.0. The number of urea groups is 1. The van der Waals surface area contributed by atoms with Crippen molar-refractivity contribution in [3.05, 3.63) is 23.9 Å². The minimum Gasteiger partial charge on any atom is -0.417 e. The van der Waals surface area contributed by atoms with Gasteiger partial charge in [-0.05, 0) is 37.3 Å². The van der Waals surface area contributed by atoms with Crippen LogP contribution < -0.4 is 15.4 Å². The van der Waals surface area contributed by atoms with E-state index >= 15 is 0 Å². The molecule has 0 spiro atoms. The minimum absolute atomic E-state index is 0.0337. The van der Waals surface area contributed by atoms with E-state index < -0.39 is 30.0 Å². The van der Waals surface area contributed by atoms with Gasteiger partial charge >= 0.3 is 12.6 Å². The molecule has 0 radical (unpaired) electrons. The van der Waals surface area contributed by atoms with Crippen molar-refractivity contribution in [1.82, 2.24) is 15.6 Å². The second-order valence-corrected chi connectivity index (χ2v) is 6.72. The largest absolute Gasteiger partial charge is 0.417 e. The molecule has 3 aliphatic carbocycles. The molecule has 3 fully saturated rings. The Bertz CT molecular complexity index is 636. The summed E-state index contributed by atoms with van der Waals surface area (Å²) < 4.78 is 42.8. The average Bonchev–Trinajstić information content (AvgIpc) is 2.54. The Kier molecular flexibility index (Phi) is 4.77. The van der Waals surface area contributed by atoms with Gasteiger partial charge in [-0.2, -0.15) is 8.78 Å². The standard InChI is InChI=1S/C16H20F3N3O3/c17-13(18)25-12-7-10(1-6-20-12)9-21-14(24)22-16-4-2-15(19,3-5-16)8-11(16)23/h1,6-7,11,13,23H,2-5,8-9H2,(H2,21,22,24). The van der Waals surface area contributed by atoms with Gasteiger partial charge < -0.3 is 20.5 Å². The summed E-state index contributed by atoms with van der Waals surface area (Å²) in [5.41, 5.74) is -1.59. The Morgan fingerprint density at radius 3 is 2.76 bits per heavy atom. The minimum atomic E-state index is -2.97. The predicted octanol–water partition coefficient (Wildman–Crippen LogP) is 2.27. The highest BCUT2D eigenvalue weighted by molar-refractivity contribution is 5.75. The van der Waals surface area contributed by atoms with E-state index in [9.17, 15) is 23.1 Å². The summed E-state index contributed by atoms with van der Waals surface area (Å²) in [4.78, 5) is 15.8. The van der Waals surface area contributed by atoms with Crippen LogP contribution in [0.15, 0.2) is 18.3 Å². The van der Waals surface area contributed by atoms with Crippen LogP contribution in [0.4, 0.5) is 18.0 Å². The first kappa shape index (κ1) is 17.8. The zero-order chi connectivity index (χ0) is 18.1. The molecule has 138 valence electrons. The number of carbonyl (C=O) groups is 1. The van der Waals surface area contributed by atoms with Crippen molar-refractivity contribution in [3.63, 3.8) is 0 Å². The summed E-state index contributed by atoms with van der Waals surface area (Å²) in [6.07, 6.45) is 1.84. The van der Waals surface area contributed by atoms with Crippen LogP contribution in [-0.2, 0) is 6.54 Å². The smallest absolute Gasteiger partial charge is 0.388 e. The molecule has 0 aromatic carbocycles. The number of alkyl halides is 3. The molecule has 1 unspecified atom stereocenters. The summed E-state index contributed by atoms with van der Waals surface area (Å²) in [6.45, 7) is -2.90. The topological polar surface area (TPSA) is 83.5 Å². The molecule has 2 bridgehead atoms. The second kappa shape index (κ2) is 6.70. The maximum Gasteiger partial charge on any atom is 0.388 e. The van der Waals surface area contributed by atoms with Gasteiger partial charge in [0.15, 0.2) is 0 Å². The molecule has 3 saturated carbocycles. The Morgan fingerprint density at radius 2 is 2.12 bits per heavy atom. The monoisotopic (exact) mass is 359 g/mol. The van der Waals surface area contributed by atoms with E-state index in [0.29, 0.717) is 31.2 Å². The number of carbonyl (C=O) groups excluding carboxylic acids is 1. The van der Waals surface area contributed by atoms with Gasteiger partial charge in [0, 0.05) is 25.2 Å². The number of amides is 2. The van der Waals surface area contributed by atoms with Crippen LogP contribution in [0.25, 0.3) is 0 Å². The van der Waals surface area contributed by atoms with E-state index in [-0.39, 0.29) is 18.8 Å². The summed E-state index contributed by atoms with van der Waals surface area (Å²) >= 11 is 0. The summed E-state index contributed by atoms with van der Waals surface area (Å²) in [5, 5.41) is 15.6. The molecule has 1 aromatic heterocycles. The highest BCUT2D eigenvalue weighted by Gasteiger charge is 2.55. The van der Waals surface area contributed by atoms with Gasteiger partial charge in [-0.1, -0.05) is 0 Å². The SMILES string of the molecule is O=C(NCc1ccnc(OC(F)F)c1)NC12CCC(F)(CC1)CC2O. The highest BCUT2D eigenvalue weighted by atomic mass is 19.3. The first-order chi connectivity index (χ1) is 11.8. The number of hydrogen-bond donors (Lipinski definition) is 3. The number of aromatic nitrogens is 1. The average molecular weight is 359 g/mol. The fraction of sp³-hybridized carbons (Fsp3) is 0.625. The maximum atomic E-state index is 14.2. The van der Waals surface area contributed by atoms with Crippen LogP contribution in [-0.4, -0.2) is 40.0 Å². The van der Waals surface area contributed by atoms with Gasteiger partial charge in [-0.3, -0.25) is 0 Å². The van der Waals surface area contributed by atoms with E-state index in [1.54, 1.807) is 6.07 Å². The fourth-order valence-electron chi connectivity index (χ4n) is 3.60. The van der Waals surface area contributed by atoms with Crippen LogP contribution in [0.3, 0.4) is 0 Å². The third-order valence-corrected chi connectivity index (χ3v) is 5.06. The zero-order valence-electron chi connectivity index (χ0n) is 13.5. The van der Waals surface area contributed by atoms with E-state index in [1.807, 2.05) is 0 Å². The van der Waals surface area contributed by atoms with Gasteiger partial charge in [-0.25, -0.2) is 14.2 Å². The number of aliphatic hydroxyl groups excluding tert-OH is 1. The molecule has 9 heteroatoms. The molecule has 3 N–H and O–H groups in total. The Hall–Kier alpha value is -2.03. The number of fused-ring (bicyclic) bond motifs is 3. The van der Waals surface area contributed by atoms with Crippen LogP contribution in [0.5, 0.6) is 5.88 Å². The van der Waals surface area contributed by atoms with Crippen molar-refractivity contribution in [3.8, 4) is 5.88 Å². The molecule has 1 atom stereocenters. The molecule has 25 heavy (non-hydrogen) atoms. The number of halogens is 3. The number of nitrogens with one attached hydrogen (secondary N) is 2. The number of ether oxygens (including phenoxy) is 1. The molecular formula is C16H20F3N3O3. The van der Waals surface area contributed by atoms with Gasteiger partial charge in [0.1, 0.15) is 5.67 Å². The summed E-state index contributed by atoms with van der Waals surface area (Å²) in [7, 11) is 0. The van der Waals surface area contributed by atoms with Crippen molar-refractivity contribution >= 4 is 6.03 Å². The van der Waals surface area contributed by atoms with Crippen LogP contribution >= 0.6 is 0 Å². The molecule has 0 aliphatic heterocycles. The molecule has 2 amide bonds. The van der Waals surface area contributed by atoms with Crippen molar-refractivity contribution in [2.45, 2.75) is 62.6 Å². The second-order valence-electron chi connectivity index (χ2n) is 6.72. The Balaban J connectivity index is 1.55. The zero-order valence-corrected chi connectivity index (χ0v) is 13.5. The molecule has 4 rings (SSSR count). The Labute approximate surface area is 142 Å². The van der Waals surface area contributed by atoms with Crippen LogP contribution in [0, 0.1) is 0 Å². The molecular weight excluding hydrogens is 339 g/mol.